The minimum Gasteiger partial charge on any atom is -0.394 e. The second kappa shape index (κ2) is 9.72. The lowest BCUT2D eigenvalue weighted by atomic mass is 9.65. The van der Waals surface area contributed by atoms with Crippen LogP contribution in [0.5, 0.6) is 0 Å². The molecule has 2 bridgehead atoms. The van der Waals surface area contributed by atoms with Crippen LogP contribution in [0.4, 0.5) is 0 Å². The van der Waals surface area contributed by atoms with Crippen LogP contribution in [0, 0.1) is 17.8 Å². The molecule has 192 valence electrons. The van der Waals surface area contributed by atoms with E-state index in [-0.39, 0.29) is 30.2 Å². The number of morpholine rings is 1. The zero-order valence-corrected chi connectivity index (χ0v) is 20.8. The topological polar surface area (TPSA) is 120 Å². The number of likely N-dealkylation sites (tertiary alicyclic amines) is 1. The van der Waals surface area contributed by atoms with Crippen molar-refractivity contribution in [2.24, 2.45) is 17.8 Å². The van der Waals surface area contributed by atoms with Crippen LogP contribution < -0.4 is 10.6 Å². The molecule has 0 aromatic heterocycles. The van der Waals surface area contributed by atoms with Gasteiger partial charge in [-0.1, -0.05) is 20.8 Å². The Bertz CT molecular complexity index is 802. The molecule has 0 saturated carbocycles. The maximum atomic E-state index is 14.0. The molecule has 10 nitrogen and oxygen atoms in total. The van der Waals surface area contributed by atoms with Crippen molar-refractivity contribution >= 4 is 17.7 Å². The molecule has 4 aliphatic heterocycles. The number of aliphatic hydroxyl groups is 1. The standard InChI is InChI=1S/C24H40N4O6/c1-5-23-6-7-24(34-23)18(17(23)20(30)25-4)22(32)28(16(14-29)15(2)3)19(24)21(31)26-8-9-27-10-12-33-13-11-27/h15-19,29H,5-14H2,1-4H3,(H,25,30)(H,26,31)/t16-,17-,18-,19?,23+,24?/m0/s1. The summed E-state index contributed by atoms with van der Waals surface area (Å²) < 4.78 is 12.1. The average Bonchev–Trinajstić information content (AvgIpc) is 3.43. The zero-order valence-electron chi connectivity index (χ0n) is 20.8. The van der Waals surface area contributed by atoms with Crippen molar-refractivity contribution < 1.29 is 29.0 Å². The number of carbonyl (C=O) groups excluding carboxylic acids is 3. The highest BCUT2D eigenvalue weighted by Gasteiger charge is 2.79. The molecule has 4 saturated heterocycles. The van der Waals surface area contributed by atoms with Crippen LogP contribution in [0.3, 0.4) is 0 Å². The largest absolute Gasteiger partial charge is 0.394 e. The van der Waals surface area contributed by atoms with E-state index < -0.39 is 35.1 Å². The van der Waals surface area contributed by atoms with E-state index in [1.807, 2.05) is 20.8 Å². The fourth-order valence-corrected chi connectivity index (χ4v) is 6.75. The first-order valence-corrected chi connectivity index (χ1v) is 12.7. The van der Waals surface area contributed by atoms with Crippen LogP contribution in [0.25, 0.3) is 0 Å². The van der Waals surface area contributed by atoms with E-state index in [9.17, 15) is 19.5 Å². The number of amides is 3. The van der Waals surface area contributed by atoms with Crippen molar-refractivity contribution in [2.45, 2.75) is 63.3 Å². The Labute approximate surface area is 201 Å². The van der Waals surface area contributed by atoms with Crippen molar-refractivity contribution in [3.05, 3.63) is 0 Å². The van der Waals surface area contributed by atoms with Gasteiger partial charge in [-0.25, -0.2) is 0 Å². The van der Waals surface area contributed by atoms with Gasteiger partial charge < -0.3 is 30.1 Å². The van der Waals surface area contributed by atoms with Crippen molar-refractivity contribution in [1.82, 2.24) is 20.4 Å². The molecule has 0 aromatic carbocycles. The van der Waals surface area contributed by atoms with E-state index in [1.165, 1.54) is 0 Å². The average molecular weight is 481 g/mol. The number of fused-ring (bicyclic) bond motifs is 1. The van der Waals surface area contributed by atoms with Crippen LogP contribution in [-0.4, -0.2) is 109 Å². The molecule has 2 unspecified atom stereocenters. The minimum absolute atomic E-state index is 0.0661. The smallest absolute Gasteiger partial charge is 0.245 e. The number of rotatable bonds is 9. The van der Waals surface area contributed by atoms with Gasteiger partial charge in [0, 0.05) is 33.2 Å². The third-order valence-electron chi connectivity index (χ3n) is 8.54. The van der Waals surface area contributed by atoms with E-state index in [0.717, 1.165) is 13.1 Å². The predicted octanol–water partition coefficient (Wildman–Crippen LogP) is -0.647. The Hall–Kier alpha value is -1.75. The lowest BCUT2D eigenvalue weighted by Crippen LogP contribution is -2.59. The molecule has 0 aliphatic carbocycles. The van der Waals surface area contributed by atoms with Gasteiger partial charge in [0.05, 0.1) is 43.3 Å². The Morgan fingerprint density at radius 1 is 1.21 bits per heavy atom. The predicted molar refractivity (Wildman–Crippen MR) is 124 cm³/mol. The quantitative estimate of drug-likeness (QED) is 0.401. The second-order valence-electron chi connectivity index (χ2n) is 10.4. The molecule has 4 aliphatic rings. The number of hydrogen-bond acceptors (Lipinski definition) is 7. The normalized spacial score (nSPS) is 36.1. The summed E-state index contributed by atoms with van der Waals surface area (Å²) in [6, 6.07) is -1.41. The van der Waals surface area contributed by atoms with Crippen molar-refractivity contribution in [3.63, 3.8) is 0 Å². The molecule has 3 amide bonds. The highest BCUT2D eigenvalue weighted by molar-refractivity contribution is 5.99. The summed E-state index contributed by atoms with van der Waals surface area (Å²) in [6.45, 7) is 9.73. The van der Waals surface area contributed by atoms with Gasteiger partial charge in [0.15, 0.2) is 0 Å². The summed E-state index contributed by atoms with van der Waals surface area (Å²) >= 11 is 0. The summed E-state index contributed by atoms with van der Waals surface area (Å²) in [7, 11) is 1.57. The first-order valence-electron chi connectivity index (χ1n) is 12.7. The van der Waals surface area contributed by atoms with E-state index in [1.54, 1.807) is 11.9 Å². The molecule has 0 radical (unpaired) electrons. The molecule has 34 heavy (non-hydrogen) atoms. The van der Waals surface area contributed by atoms with Crippen LogP contribution >= 0.6 is 0 Å². The van der Waals surface area contributed by atoms with Crippen LogP contribution in [-0.2, 0) is 23.9 Å². The Morgan fingerprint density at radius 2 is 1.91 bits per heavy atom. The molecule has 0 aromatic rings. The van der Waals surface area contributed by atoms with E-state index >= 15 is 0 Å². The number of hydrogen-bond donors (Lipinski definition) is 3. The van der Waals surface area contributed by atoms with Gasteiger partial charge in [0.2, 0.25) is 17.7 Å². The second-order valence-corrected chi connectivity index (χ2v) is 10.4. The Morgan fingerprint density at radius 3 is 2.50 bits per heavy atom. The van der Waals surface area contributed by atoms with E-state index in [4.69, 9.17) is 9.47 Å². The third-order valence-corrected chi connectivity index (χ3v) is 8.54. The molecule has 4 fully saturated rings. The first-order chi connectivity index (χ1) is 16.3. The molecular weight excluding hydrogens is 440 g/mol. The van der Waals surface area contributed by atoms with Crippen molar-refractivity contribution in [2.75, 3.05) is 53.0 Å². The summed E-state index contributed by atoms with van der Waals surface area (Å²) in [5.74, 6) is -2.20. The SMILES string of the molecule is CC[C@]12CCC3(O1)C(C(=O)NCCN1CCOCC1)N([C@@H](CO)C(C)C)C(=O)[C@@H]3[C@H]2C(=O)NC. The maximum Gasteiger partial charge on any atom is 0.245 e. The van der Waals surface area contributed by atoms with Gasteiger partial charge in [-0.3, -0.25) is 19.3 Å². The van der Waals surface area contributed by atoms with Crippen LogP contribution in [0.2, 0.25) is 0 Å². The fourth-order valence-electron chi connectivity index (χ4n) is 6.75. The van der Waals surface area contributed by atoms with E-state index in [0.29, 0.717) is 45.6 Å². The van der Waals surface area contributed by atoms with Crippen molar-refractivity contribution in [1.29, 1.82) is 0 Å². The third kappa shape index (κ3) is 3.83. The number of nitrogens with zero attached hydrogens (tertiary/aromatic N) is 2. The molecule has 4 heterocycles. The Kier molecular flexibility index (Phi) is 7.24. The number of ether oxygens (including phenoxy) is 2. The van der Waals surface area contributed by atoms with Crippen LogP contribution in [0.1, 0.15) is 40.0 Å². The summed E-state index contributed by atoms with van der Waals surface area (Å²) in [5, 5.41) is 16.0. The molecule has 10 heteroatoms. The minimum atomic E-state index is -1.06. The molecule has 6 atom stereocenters. The van der Waals surface area contributed by atoms with Crippen molar-refractivity contribution in [3.8, 4) is 0 Å². The summed E-state index contributed by atoms with van der Waals surface area (Å²) in [6.07, 6.45) is 1.76. The molecular formula is C24H40N4O6. The van der Waals surface area contributed by atoms with Gasteiger partial charge in [-0.2, -0.15) is 0 Å². The first kappa shape index (κ1) is 25.3. The van der Waals surface area contributed by atoms with Gasteiger partial charge in [-0.05, 0) is 25.2 Å². The fraction of sp³-hybridized carbons (Fsp3) is 0.875. The maximum absolute atomic E-state index is 14.0. The molecule has 1 spiro atoms. The number of aliphatic hydroxyl groups excluding tert-OH is 1. The molecule has 4 rings (SSSR count). The lowest BCUT2D eigenvalue weighted by molar-refractivity contribution is -0.152. The van der Waals surface area contributed by atoms with E-state index in [2.05, 4.69) is 15.5 Å². The summed E-state index contributed by atoms with van der Waals surface area (Å²) in [4.78, 5) is 44.5. The Balaban J connectivity index is 1.64. The highest BCUT2D eigenvalue weighted by atomic mass is 16.5. The lowest BCUT2D eigenvalue weighted by Gasteiger charge is -2.39. The van der Waals surface area contributed by atoms with Crippen LogP contribution in [0.15, 0.2) is 0 Å². The van der Waals surface area contributed by atoms with Gasteiger partial charge >= 0.3 is 0 Å². The highest BCUT2D eigenvalue weighted by Crippen LogP contribution is 2.64. The number of nitrogens with one attached hydrogen (secondary N) is 2. The van der Waals surface area contributed by atoms with Gasteiger partial charge in [0.1, 0.15) is 11.6 Å². The monoisotopic (exact) mass is 480 g/mol. The van der Waals surface area contributed by atoms with Gasteiger partial charge in [-0.15, -0.1) is 0 Å². The summed E-state index contributed by atoms with van der Waals surface area (Å²) in [5.41, 5.74) is -1.80. The number of carbonyl (C=O) groups is 3. The van der Waals surface area contributed by atoms with Gasteiger partial charge in [0.25, 0.3) is 0 Å². The molecule has 3 N–H and O–H groups in total. The zero-order chi connectivity index (χ0) is 24.7.